The van der Waals surface area contributed by atoms with E-state index < -0.39 is 5.91 Å². The third-order valence-electron chi connectivity index (χ3n) is 6.00. The van der Waals surface area contributed by atoms with Crippen molar-refractivity contribution in [1.82, 2.24) is 10.3 Å². The van der Waals surface area contributed by atoms with Crippen LogP contribution in [-0.2, 0) is 12.8 Å². The number of aromatic nitrogens is 1. The highest BCUT2D eigenvalue weighted by molar-refractivity contribution is 6.07. The smallest absolute Gasteiger partial charge is 0.250 e. The fourth-order valence-electron chi connectivity index (χ4n) is 4.59. The van der Waals surface area contributed by atoms with Gasteiger partial charge in [0.25, 0.3) is 5.91 Å². The molecular formula is C20H26FN3O. The third kappa shape index (κ3) is 2.84. The number of rotatable bonds is 2. The summed E-state index contributed by atoms with van der Waals surface area (Å²) in [5, 5.41) is 4.32. The average Bonchev–Trinajstić information content (AvgIpc) is 2.85. The molecule has 1 aliphatic carbocycles. The number of carbonyl (C=O) groups excluding carboxylic acids is 1. The van der Waals surface area contributed by atoms with E-state index in [1.165, 1.54) is 11.6 Å². The van der Waals surface area contributed by atoms with Crippen LogP contribution in [0.25, 0.3) is 10.9 Å². The molecule has 1 aromatic carbocycles. The molecule has 1 fully saturated rings. The molecule has 1 amide bonds. The molecule has 134 valence electrons. The molecule has 1 aromatic heterocycles. The molecule has 1 saturated heterocycles. The summed E-state index contributed by atoms with van der Waals surface area (Å²) in [6.45, 7) is 4.05. The second-order valence-corrected chi connectivity index (χ2v) is 7.74. The van der Waals surface area contributed by atoms with Crippen molar-refractivity contribution in [2.45, 2.75) is 51.4 Å². The van der Waals surface area contributed by atoms with Gasteiger partial charge in [-0.25, -0.2) is 4.39 Å². The summed E-state index contributed by atoms with van der Waals surface area (Å²) in [6, 6.07) is 1.34. The van der Waals surface area contributed by atoms with Crippen LogP contribution in [0.3, 0.4) is 0 Å². The third-order valence-corrected chi connectivity index (χ3v) is 6.00. The Balaban J connectivity index is 1.97. The van der Waals surface area contributed by atoms with Gasteiger partial charge in [0.1, 0.15) is 5.82 Å². The maximum Gasteiger partial charge on any atom is 0.250 e. The van der Waals surface area contributed by atoms with Crippen molar-refractivity contribution in [2.75, 3.05) is 13.1 Å². The summed E-state index contributed by atoms with van der Waals surface area (Å²) in [4.78, 5) is 15.4. The molecule has 2 unspecified atom stereocenters. The van der Waals surface area contributed by atoms with Crippen LogP contribution in [0.1, 0.15) is 65.7 Å². The van der Waals surface area contributed by atoms with Crippen LogP contribution >= 0.6 is 0 Å². The van der Waals surface area contributed by atoms with Crippen LogP contribution in [0.15, 0.2) is 6.07 Å². The highest BCUT2D eigenvalue weighted by atomic mass is 19.1. The van der Waals surface area contributed by atoms with Crippen LogP contribution in [-0.4, -0.2) is 24.0 Å². The van der Waals surface area contributed by atoms with Crippen molar-refractivity contribution in [1.29, 1.82) is 0 Å². The maximum atomic E-state index is 15.1. The first-order valence-corrected chi connectivity index (χ1v) is 9.42. The summed E-state index contributed by atoms with van der Waals surface area (Å²) in [7, 11) is 0. The molecule has 2 aromatic rings. The highest BCUT2D eigenvalue weighted by Gasteiger charge is 2.28. The first kappa shape index (κ1) is 16.6. The summed E-state index contributed by atoms with van der Waals surface area (Å²) in [5.74, 6) is -0.0327. The highest BCUT2D eigenvalue weighted by Crippen LogP contribution is 2.39. The Bertz CT molecular complexity index is 820. The van der Waals surface area contributed by atoms with E-state index in [4.69, 9.17) is 5.73 Å². The molecule has 25 heavy (non-hydrogen) atoms. The lowest BCUT2D eigenvalue weighted by molar-refractivity contribution is 0.100. The molecule has 2 atom stereocenters. The monoisotopic (exact) mass is 343 g/mol. The van der Waals surface area contributed by atoms with Gasteiger partial charge < -0.3 is 16.0 Å². The maximum absolute atomic E-state index is 15.1. The molecule has 0 radical (unpaired) electrons. The van der Waals surface area contributed by atoms with Crippen LogP contribution < -0.4 is 11.1 Å². The second kappa shape index (κ2) is 6.45. The molecule has 5 heteroatoms. The zero-order valence-electron chi connectivity index (χ0n) is 14.8. The minimum absolute atomic E-state index is 0.152. The van der Waals surface area contributed by atoms with Crippen molar-refractivity contribution in [3.63, 3.8) is 0 Å². The lowest BCUT2D eigenvalue weighted by atomic mass is 9.86. The average molecular weight is 343 g/mol. The van der Waals surface area contributed by atoms with E-state index >= 15 is 4.39 Å². The Morgan fingerprint density at radius 3 is 2.80 bits per heavy atom. The first-order chi connectivity index (χ1) is 12.1. The molecular weight excluding hydrogens is 317 g/mol. The van der Waals surface area contributed by atoms with Crippen LogP contribution in [0.4, 0.5) is 4.39 Å². The van der Waals surface area contributed by atoms with Gasteiger partial charge in [-0.2, -0.15) is 0 Å². The van der Waals surface area contributed by atoms with E-state index in [9.17, 15) is 4.79 Å². The molecule has 4 rings (SSSR count). The van der Waals surface area contributed by atoms with Gasteiger partial charge in [-0.15, -0.1) is 0 Å². The van der Waals surface area contributed by atoms with Gasteiger partial charge in [-0.3, -0.25) is 4.79 Å². The van der Waals surface area contributed by atoms with Crippen molar-refractivity contribution in [3.05, 3.63) is 34.3 Å². The number of hydrogen-bond acceptors (Lipinski definition) is 2. The predicted octanol–water partition coefficient (Wildman–Crippen LogP) is 3.39. The Morgan fingerprint density at radius 2 is 2.08 bits per heavy atom. The van der Waals surface area contributed by atoms with E-state index in [-0.39, 0.29) is 17.3 Å². The number of fused-ring (bicyclic) bond motifs is 3. The van der Waals surface area contributed by atoms with Gasteiger partial charge in [0.05, 0.1) is 11.1 Å². The van der Waals surface area contributed by atoms with Gasteiger partial charge in [0.15, 0.2) is 0 Å². The number of nitrogens with two attached hydrogens (primary N) is 1. The number of nitrogens with one attached hydrogen (secondary N) is 2. The minimum atomic E-state index is -0.568. The molecule has 2 aliphatic rings. The van der Waals surface area contributed by atoms with Gasteiger partial charge in [-0.1, -0.05) is 6.92 Å². The lowest BCUT2D eigenvalue weighted by Crippen LogP contribution is -2.29. The largest absolute Gasteiger partial charge is 0.366 e. The number of aromatic amines is 1. The Hall–Kier alpha value is -1.88. The summed E-state index contributed by atoms with van der Waals surface area (Å²) in [6.07, 6.45) is 6.13. The topological polar surface area (TPSA) is 70.9 Å². The summed E-state index contributed by atoms with van der Waals surface area (Å²) in [5.41, 5.74) is 9.72. The Labute approximate surface area is 147 Å². The zero-order valence-corrected chi connectivity index (χ0v) is 14.8. The van der Waals surface area contributed by atoms with E-state index in [0.29, 0.717) is 5.92 Å². The quantitative estimate of drug-likeness (QED) is 0.732. The summed E-state index contributed by atoms with van der Waals surface area (Å²) < 4.78 is 15.1. The SMILES string of the molecule is CC1CCc2[nH]c3c(C(N)=O)cc(F)c(C4CCCNC4)c3c2CC1. The molecule has 1 aliphatic heterocycles. The molecule has 0 bridgehead atoms. The van der Waals surface area contributed by atoms with Gasteiger partial charge in [0.2, 0.25) is 0 Å². The van der Waals surface area contributed by atoms with Crippen molar-refractivity contribution < 1.29 is 9.18 Å². The van der Waals surface area contributed by atoms with E-state index in [1.54, 1.807) is 0 Å². The second-order valence-electron chi connectivity index (χ2n) is 7.74. The fraction of sp³-hybridized carbons (Fsp3) is 0.550. The molecule has 4 nitrogen and oxygen atoms in total. The number of hydrogen-bond donors (Lipinski definition) is 3. The lowest BCUT2D eigenvalue weighted by Gasteiger charge is -2.25. The van der Waals surface area contributed by atoms with Crippen LogP contribution in [0, 0.1) is 11.7 Å². The van der Waals surface area contributed by atoms with E-state index in [0.717, 1.165) is 73.8 Å². The first-order valence-electron chi connectivity index (χ1n) is 9.42. The normalized spacial score (nSPS) is 24.1. The van der Waals surface area contributed by atoms with Crippen molar-refractivity contribution >= 4 is 16.8 Å². The van der Waals surface area contributed by atoms with Crippen LogP contribution in [0.2, 0.25) is 0 Å². The van der Waals surface area contributed by atoms with Gasteiger partial charge >= 0.3 is 0 Å². The van der Waals surface area contributed by atoms with E-state index in [2.05, 4.69) is 17.2 Å². The number of carbonyl (C=O) groups is 1. The van der Waals surface area contributed by atoms with Gasteiger partial charge in [-0.05, 0) is 68.5 Å². The number of benzene rings is 1. The number of halogens is 1. The predicted molar refractivity (Wildman–Crippen MR) is 97.4 cm³/mol. The zero-order chi connectivity index (χ0) is 17.6. The standard InChI is InChI=1S/C20H26FN3O/c1-11-4-6-13-16(7-5-11)24-19-14(20(22)25)9-15(21)17(18(13)19)12-3-2-8-23-10-12/h9,11-12,23-24H,2-8,10H2,1H3,(H2,22,25). The number of primary amides is 1. The number of amides is 1. The molecule has 4 N–H and O–H groups in total. The van der Waals surface area contributed by atoms with E-state index in [1.807, 2.05) is 0 Å². The number of piperidine rings is 1. The fourth-order valence-corrected chi connectivity index (χ4v) is 4.59. The minimum Gasteiger partial charge on any atom is -0.366 e. The van der Waals surface area contributed by atoms with Crippen LogP contribution in [0.5, 0.6) is 0 Å². The number of H-pyrrole nitrogens is 1. The Morgan fingerprint density at radius 1 is 1.28 bits per heavy atom. The molecule has 0 saturated carbocycles. The van der Waals surface area contributed by atoms with Crippen molar-refractivity contribution in [3.8, 4) is 0 Å². The summed E-state index contributed by atoms with van der Waals surface area (Å²) >= 11 is 0. The van der Waals surface area contributed by atoms with Gasteiger partial charge in [0, 0.05) is 23.2 Å². The molecule has 2 heterocycles. The Kier molecular flexibility index (Phi) is 4.28. The number of aryl methyl sites for hydroxylation is 2. The molecule has 0 spiro atoms. The van der Waals surface area contributed by atoms with Crippen molar-refractivity contribution in [2.24, 2.45) is 11.7 Å².